The van der Waals surface area contributed by atoms with Crippen LogP contribution in [0.4, 0.5) is 0 Å². The third-order valence-electron chi connectivity index (χ3n) is 12.7. The van der Waals surface area contributed by atoms with Crippen LogP contribution in [0, 0.1) is 0 Å². The van der Waals surface area contributed by atoms with Crippen LogP contribution in [-0.2, 0) is 0 Å². The van der Waals surface area contributed by atoms with Gasteiger partial charge in [0.2, 0.25) is 11.6 Å². The molecule has 0 unspecified atom stereocenters. The maximum absolute atomic E-state index is 5.59. The van der Waals surface area contributed by atoms with Crippen LogP contribution in [0.1, 0.15) is 0 Å². The van der Waals surface area contributed by atoms with Crippen LogP contribution >= 0.6 is 0 Å². The van der Waals surface area contributed by atoms with Crippen LogP contribution in [0.5, 0.6) is 0 Å². The second kappa shape index (κ2) is 13.9. The van der Waals surface area contributed by atoms with Crippen molar-refractivity contribution in [2.24, 2.45) is 0 Å². The molecule has 296 valence electrons. The van der Waals surface area contributed by atoms with Crippen LogP contribution in [-0.4, -0.2) is 41.0 Å². The zero-order valence-electron chi connectivity index (χ0n) is 34.0. The van der Waals surface area contributed by atoms with Gasteiger partial charge in [0, 0.05) is 0 Å². The molecule has 0 N–H and O–H groups in total. The van der Waals surface area contributed by atoms with E-state index in [1.807, 2.05) is 6.07 Å². The number of nitrogens with zero attached hydrogens (tertiary/aromatic N) is 7. The molecule has 0 aliphatic rings. The molecule has 0 aliphatic carbocycles. The Kier molecular flexibility index (Phi) is 7.79. The van der Waals surface area contributed by atoms with Crippen molar-refractivity contribution in [3.8, 4) is 22.8 Å². The molecule has 5 aromatic heterocycles. The van der Waals surface area contributed by atoms with Gasteiger partial charge in [-0.2, -0.15) is 0 Å². The Morgan fingerprint density at radius 2 is 0.698 bits per heavy atom. The first-order valence-corrected chi connectivity index (χ1v) is 23.3. The predicted octanol–water partition coefficient (Wildman–Crippen LogP) is 9.62. The molecule has 8 heteroatoms. The molecule has 0 fully saturated rings. The molecule has 0 saturated heterocycles. The molecule has 0 saturated carbocycles. The first kappa shape index (κ1) is 35.4. The number of para-hydroxylation sites is 6. The van der Waals surface area contributed by atoms with Crippen molar-refractivity contribution in [2.75, 3.05) is 0 Å². The minimum absolute atomic E-state index is 0.765. The van der Waals surface area contributed by atoms with Crippen LogP contribution in [0.2, 0.25) is 0 Å². The number of aromatic nitrogens is 7. The molecular weight excluding hydrogens is 787 g/mol. The summed E-state index contributed by atoms with van der Waals surface area (Å²) in [5.74, 6) is 3.14. The lowest BCUT2D eigenvalue weighted by Crippen LogP contribution is -2.74. The SMILES string of the molecule is c1ccc(-c2cc(-n3c4ccccc4n4c5ccccc5nc34)nc(-n3c4ccccc4n4c5cc([Si](c6ccccc6)(c6ccccc6)c6ccccc6)ccc5nc34)c2)cc1. The van der Waals surface area contributed by atoms with E-state index in [0.29, 0.717) is 0 Å². The van der Waals surface area contributed by atoms with Gasteiger partial charge < -0.3 is 0 Å². The summed E-state index contributed by atoms with van der Waals surface area (Å²) in [6.07, 6.45) is 0. The number of benzene rings is 8. The smallest absolute Gasteiger partial charge is 0.221 e. The van der Waals surface area contributed by atoms with Gasteiger partial charge in [-0.05, 0) is 92.5 Å². The molecule has 0 atom stereocenters. The van der Waals surface area contributed by atoms with Crippen LogP contribution < -0.4 is 20.7 Å². The normalized spacial score (nSPS) is 12.1. The predicted molar refractivity (Wildman–Crippen MR) is 259 cm³/mol. The maximum Gasteiger partial charge on any atom is 0.221 e. The van der Waals surface area contributed by atoms with Crippen LogP contribution in [0.25, 0.3) is 78.5 Å². The van der Waals surface area contributed by atoms with Crippen molar-refractivity contribution in [1.82, 2.24) is 32.9 Å². The number of imidazole rings is 4. The Balaban J connectivity index is 1.10. The van der Waals surface area contributed by atoms with Crippen LogP contribution in [0.3, 0.4) is 0 Å². The number of hydrogen-bond acceptors (Lipinski definition) is 3. The fourth-order valence-electron chi connectivity index (χ4n) is 10.0. The van der Waals surface area contributed by atoms with Gasteiger partial charge in [0.15, 0.2) is 8.07 Å². The van der Waals surface area contributed by atoms with E-state index >= 15 is 0 Å². The van der Waals surface area contributed by atoms with E-state index in [1.165, 1.54) is 20.7 Å². The van der Waals surface area contributed by atoms with E-state index < -0.39 is 8.07 Å². The molecule has 0 amide bonds. The Morgan fingerprint density at radius 3 is 1.22 bits per heavy atom. The van der Waals surface area contributed by atoms with E-state index in [0.717, 1.165) is 78.5 Å². The lowest BCUT2D eigenvalue weighted by atomic mass is 10.1. The second-order valence-electron chi connectivity index (χ2n) is 16.1. The van der Waals surface area contributed by atoms with Gasteiger partial charge in [0.05, 0.1) is 44.1 Å². The zero-order valence-corrected chi connectivity index (χ0v) is 35.0. The first-order valence-electron chi connectivity index (χ1n) is 21.3. The summed E-state index contributed by atoms with van der Waals surface area (Å²) in [4.78, 5) is 16.3. The molecule has 0 radical (unpaired) electrons. The molecule has 63 heavy (non-hydrogen) atoms. The average Bonchev–Trinajstić information content (AvgIpc) is 4.09. The van der Waals surface area contributed by atoms with E-state index in [9.17, 15) is 0 Å². The minimum atomic E-state index is -2.81. The minimum Gasteiger partial charge on any atom is -0.276 e. The summed E-state index contributed by atoms with van der Waals surface area (Å²) in [5.41, 5.74) is 10.3. The molecular formula is C55H37N7Si. The third-order valence-corrected chi connectivity index (χ3v) is 17.5. The fraction of sp³-hybridized carbons (Fsp3) is 0. The number of hydrogen-bond donors (Lipinski definition) is 0. The largest absolute Gasteiger partial charge is 0.276 e. The van der Waals surface area contributed by atoms with Crippen LogP contribution in [0.15, 0.2) is 224 Å². The summed E-state index contributed by atoms with van der Waals surface area (Å²) in [6.45, 7) is 0. The van der Waals surface area contributed by atoms with E-state index in [4.69, 9.17) is 15.0 Å². The number of fused-ring (bicyclic) bond motifs is 10. The van der Waals surface area contributed by atoms with Gasteiger partial charge in [0.1, 0.15) is 11.6 Å². The summed E-state index contributed by atoms with van der Waals surface area (Å²) >= 11 is 0. The van der Waals surface area contributed by atoms with Crippen molar-refractivity contribution >= 4 is 84.5 Å². The van der Waals surface area contributed by atoms with Crippen molar-refractivity contribution in [3.05, 3.63) is 224 Å². The van der Waals surface area contributed by atoms with Gasteiger partial charge in [-0.15, -0.1) is 0 Å². The van der Waals surface area contributed by atoms with Gasteiger partial charge in [-0.1, -0.05) is 164 Å². The van der Waals surface area contributed by atoms with Crippen molar-refractivity contribution in [3.63, 3.8) is 0 Å². The molecule has 13 aromatic rings. The monoisotopic (exact) mass is 823 g/mol. The Bertz CT molecular complexity index is 3750. The van der Waals surface area contributed by atoms with E-state index in [-0.39, 0.29) is 0 Å². The summed E-state index contributed by atoms with van der Waals surface area (Å²) < 4.78 is 9.00. The molecule has 0 spiro atoms. The van der Waals surface area contributed by atoms with Crippen molar-refractivity contribution in [1.29, 1.82) is 0 Å². The third kappa shape index (κ3) is 5.22. The Hall–Kier alpha value is -8.33. The number of pyridine rings is 1. The topological polar surface area (TPSA) is 57.4 Å². The summed E-state index contributed by atoms with van der Waals surface area (Å²) in [7, 11) is -2.81. The number of rotatable bonds is 7. The molecule has 8 aromatic carbocycles. The van der Waals surface area contributed by atoms with Gasteiger partial charge in [-0.3, -0.25) is 17.9 Å². The lowest BCUT2D eigenvalue weighted by Gasteiger charge is -2.34. The fourth-order valence-corrected chi connectivity index (χ4v) is 14.8. The van der Waals surface area contributed by atoms with Gasteiger partial charge >= 0.3 is 0 Å². The molecule has 0 bridgehead atoms. The van der Waals surface area contributed by atoms with Gasteiger partial charge in [-0.25, -0.2) is 15.0 Å². The van der Waals surface area contributed by atoms with E-state index in [1.54, 1.807) is 0 Å². The highest BCUT2D eigenvalue weighted by atomic mass is 28.3. The molecule has 13 rings (SSSR count). The first-order chi connectivity index (χ1) is 31.3. The highest BCUT2D eigenvalue weighted by molar-refractivity contribution is 7.20. The highest BCUT2D eigenvalue weighted by Gasteiger charge is 2.41. The highest BCUT2D eigenvalue weighted by Crippen LogP contribution is 2.34. The summed E-state index contributed by atoms with van der Waals surface area (Å²) in [5, 5.41) is 5.28. The second-order valence-corrected chi connectivity index (χ2v) is 19.9. The Morgan fingerprint density at radius 1 is 0.286 bits per heavy atom. The lowest BCUT2D eigenvalue weighted by molar-refractivity contribution is 0.983. The Labute approximate surface area is 363 Å². The van der Waals surface area contributed by atoms with Crippen molar-refractivity contribution < 1.29 is 0 Å². The molecule has 5 heterocycles. The van der Waals surface area contributed by atoms with Gasteiger partial charge in [0.25, 0.3) is 0 Å². The summed E-state index contributed by atoms with van der Waals surface area (Å²) in [6, 6.07) is 80.5. The zero-order chi connectivity index (χ0) is 41.5. The van der Waals surface area contributed by atoms with E-state index in [2.05, 4.69) is 236 Å². The molecule has 7 nitrogen and oxygen atoms in total. The van der Waals surface area contributed by atoms with Crippen molar-refractivity contribution in [2.45, 2.75) is 0 Å². The standard InChI is InChI=1S/C55H37N7Si/c1-5-19-38(20-6-1)39-35-52(61-49-31-17-15-29-47(49)59-46-28-14-13-27-44(46)56-54(59)61)58-53(36-39)62-50-32-18-16-30-48(50)60-51-37-43(33-34-45(51)57-55(60)62)63(40-21-7-2-8-22-40,41-23-9-3-10-24-41)42-25-11-4-12-26-42/h1-37H. The molecule has 0 aliphatic heterocycles. The quantitative estimate of drug-likeness (QED) is 0.119. The average molecular weight is 824 g/mol. The maximum atomic E-state index is 5.59.